The quantitative estimate of drug-likeness (QED) is 0.289. The number of hydrogen-bond donors (Lipinski definition) is 1. The molecule has 1 aromatic carbocycles. The summed E-state index contributed by atoms with van der Waals surface area (Å²) in [6.45, 7) is 1.88. The summed E-state index contributed by atoms with van der Waals surface area (Å²) in [5.74, 6) is 0.369. The first-order valence-electron chi connectivity index (χ1n) is 11.6. The Labute approximate surface area is 224 Å². The van der Waals surface area contributed by atoms with Crippen LogP contribution in [-0.2, 0) is 12.7 Å². The van der Waals surface area contributed by atoms with Gasteiger partial charge in [0.1, 0.15) is 5.82 Å². The maximum Gasteiger partial charge on any atom is 0.443 e. The third kappa shape index (κ3) is 5.48. The first-order valence-corrected chi connectivity index (χ1v) is 12.4. The van der Waals surface area contributed by atoms with E-state index in [0.717, 1.165) is 10.9 Å². The number of rotatable bonds is 6. The number of alkyl halides is 3. The maximum atomic E-state index is 13.8. The van der Waals surface area contributed by atoms with Crippen molar-refractivity contribution in [3.63, 3.8) is 0 Å². The molecule has 0 radical (unpaired) electrons. The van der Waals surface area contributed by atoms with E-state index in [1.807, 2.05) is 13.0 Å². The summed E-state index contributed by atoms with van der Waals surface area (Å²) in [4.78, 5) is 34.8. The molecule has 0 saturated carbocycles. The van der Waals surface area contributed by atoms with Crippen LogP contribution in [0.3, 0.4) is 0 Å². The van der Waals surface area contributed by atoms with Crippen LogP contribution in [-0.4, -0.2) is 42.9 Å². The van der Waals surface area contributed by atoms with E-state index < -0.39 is 11.2 Å². The Kier molecular flexibility index (Phi) is 6.83. The molecule has 9 nitrogen and oxygen atoms in total. The number of benzene rings is 1. The molecule has 13 heteroatoms. The van der Waals surface area contributed by atoms with Crippen molar-refractivity contribution in [2.45, 2.75) is 19.6 Å². The van der Waals surface area contributed by atoms with Gasteiger partial charge in [0.2, 0.25) is 5.95 Å². The Balaban J connectivity index is 1.45. The number of pyridine rings is 2. The number of nitrogens with two attached hydrogens (primary N) is 1. The topological polar surface area (TPSA) is 114 Å². The fourth-order valence-corrected chi connectivity index (χ4v) is 4.59. The molecule has 0 unspecified atom stereocenters. The number of carbonyl (C=O) groups is 1. The first-order chi connectivity index (χ1) is 18.6. The summed E-state index contributed by atoms with van der Waals surface area (Å²) in [5.41, 5.74) is 8.77. The van der Waals surface area contributed by atoms with E-state index in [1.54, 1.807) is 55.8 Å². The molecular formula is C26H21F3N8OS. The number of anilines is 2. The lowest BCUT2D eigenvalue weighted by atomic mass is 10.1. The van der Waals surface area contributed by atoms with Gasteiger partial charge in [-0.1, -0.05) is 6.07 Å². The van der Waals surface area contributed by atoms with Gasteiger partial charge in [0.15, 0.2) is 5.01 Å². The van der Waals surface area contributed by atoms with Crippen LogP contribution in [0.15, 0.2) is 67.3 Å². The lowest BCUT2D eigenvalue weighted by Crippen LogP contribution is -2.45. The van der Waals surface area contributed by atoms with Crippen LogP contribution in [0, 0.1) is 6.92 Å². The van der Waals surface area contributed by atoms with Crippen molar-refractivity contribution >= 4 is 39.9 Å². The summed E-state index contributed by atoms with van der Waals surface area (Å²) in [5, 5.41) is 2.79. The van der Waals surface area contributed by atoms with Gasteiger partial charge in [0.05, 0.1) is 22.6 Å². The number of aryl methyl sites for hydroxylation is 1. The average molecular weight is 551 g/mol. The van der Waals surface area contributed by atoms with Crippen LogP contribution in [0.1, 0.15) is 26.6 Å². The average Bonchev–Trinajstić information content (AvgIpc) is 3.44. The molecule has 0 saturated heterocycles. The van der Waals surface area contributed by atoms with Crippen molar-refractivity contribution in [2.24, 2.45) is 0 Å². The monoisotopic (exact) mass is 550 g/mol. The Bertz CT molecular complexity index is 1640. The predicted molar refractivity (Wildman–Crippen MR) is 142 cm³/mol. The van der Waals surface area contributed by atoms with E-state index in [2.05, 4.69) is 24.9 Å². The largest absolute Gasteiger partial charge is 0.443 e. The van der Waals surface area contributed by atoms with Gasteiger partial charge in [-0.3, -0.25) is 14.8 Å². The summed E-state index contributed by atoms with van der Waals surface area (Å²) >= 11 is 0.541. The minimum absolute atomic E-state index is 0.0431. The minimum atomic E-state index is -4.51. The number of thiazole rings is 1. The fraction of sp³-hybridized carbons (Fsp3) is 0.154. The highest BCUT2D eigenvalue weighted by Gasteiger charge is 2.34. The van der Waals surface area contributed by atoms with Gasteiger partial charge in [0.25, 0.3) is 5.91 Å². The standard InChI is InChI=1S/C26H21F3N8OS/c1-15-10-18-11-16(5-7-20(18)35-22(15)30)23(38)37(36(2)25-31-8-3-9-32-25)14-19-6-4-17(12-33-19)21-13-34-24(39-21)26(27,28)29/h3-13H,14H2,1-2H3,(H2,30,35). The maximum absolute atomic E-state index is 13.8. The molecule has 198 valence electrons. The number of nitrogens with zero attached hydrogens (tertiary/aromatic N) is 7. The zero-order valence-corrected chi connectivity index (χ0v) is 21.5. The second kappa shape index (κ2) is 10.3. The minimum Gasteiger partial charge on any atom is -0.383 e. The zero-order valence-electron chi connectivity index (χ0n) is 20.7. The SMILES string of the molecule is Cc1cc2cc(C(=O)N(Cc3ccc(-c4cnc(C(F)(F)F)s4)cn3)N(C)c3ncccn3)ccc2nc1N. The third-order valence-corrected chi connectivity index (χ3v) is 6.99. The molecule has 0 aliphatic heterocycles. The molecule has 0 bridgehead atoms. The molecule has 4 heterocycles. The first kappa shape index (κ1) is 26.0. The molecule has 0 spiro atoms. The highest BCUT2D eigenvalue weighted by molar-refractivity contribution is 7.15. The molecule has 0 fully saturated rings. The molecule has 39 heavy (non-hydrogen) atoms. The molecule has 1 amide bonds. The van der Waals surface area contributed by atoms with E-state index in [9.17, 15) is 18.0 Å². The van der Waals surface area contributed by atoms with E-state index in [4.69, 9.17) is 5.73 Å². The Hall–Kier alpha value is -4.65. The van der Waals surface area contributed by atoms with Gasteiger partial charge in [0, 0.05) is 48.3 Å². The van der Waals surface area contributed by atoms with Crippen LogP contribution >= 0.6 is 11.3 Å². The zero-order chi connectivity index (χ0) is 27.7. The molecular weight excluding hydrogens is 529 g/mol. The number of halogens is 3. The molecule has 2 N–H and O–H groups in total. The summed E-state index contributed by atoms with van der Waals surface area (Å²) in [7, 11) is 1.66. The van der Waals surface area contributed by atoms with Crippen LogP contribution in [0.5, 0.6) is 0 Å². The van der Waals surface area contributed by atoms with Gasteiger partial charge in [-0.25, -0.2) is 24.9 Å². The number of aromatic nitrogens is 5. The van der Waals surface area contributed by atoms with Crippen molar-refractivity contribution in [1.82, 2.24) is 29.9 Å². The van der Waals surface area contributed by atoms with Crippen LogP contribution in [0.25, 0.3) is 21.3 Å². The second-order valence-corrected chi connectivity index (χ2v) is 9.63. The van der Waals surface area contributed by atoms with E-state index in [0.29, 0.717) is 44.4 Å². The summed E-state index contributed by atoms with van der Waals surface area (Å²) in [6, 6.07) is 12.0. The number of hydrazine groups is 1. The summed E-state index contributed by atoms with van der Waals surface area (Å²) < 4.78 is 38.9. The van der Waals surface area contributed by atoms with Crippen molar-refractivity contribution < 1.29 is 18.0 Å². The van der Waals surface area contributed by atoms with E-state index in [-0.39, 0.29) is 18.4 Å². The normalized spacial score (nSPS) is 11.5. The van der Waals surface area contributed by atoms with Gasteiger partial charge in [-0.05, 0) is 48.9 Å². The molecule has 0 aliphatic carbocycles. The second-order valence-electron chi connectivity index (χ2n) is 8.60. The van der Waals surface area contributed by atoms with Gasteiger partial charge < -0.3 is 5.73 Å². The van der Waals surface area contributed by atoms with Gasteiger partial charge in [-0.15, -0.1) is 11.3 Å². The number of nitrogen functional groups attached to an aromatic ring is 1. The predicted octanol–water partition coefficient (Wildman–Crippen LogP) is 5.15. The lowest BCUT2D eigenvalue weighted by Gasteiger charge is -2.31. The number of carbonyl (C=O) groups excluding carboxylic acids is 1. The van der Waals surface area contributed by atoms with Gasteiger partial charge in [-0.2, -0.15) is 13.2 Å². The Morgan fingerprint density at radius 3 is 2.46 bits per heavy atom. The fourth-order valence-electron chi connectivity index (χ4n) is 3.82. The molecule has 0 aliphatic rings. The van der Waals surface area contributed by atoms with E-state index in [1.165, 1.54) is 22.4 Å². The van der Waals surface area contributed by atoms with Crippen LogP contribution in [0.2, 0.25) is 0 Å². The third-order valence-electron chi connectivity index (χ3n) is 5.90. The highest BCUT2D eigenvalue weighted by Crippen LogP contribution is 2.36. The smallest absolute Gasteiger partial charge is 0.383 e. The Morgan fingerprint density at radius 2 is 1.79 bits per heavy atom. The van der Waals surface area contributed by atoms with Crippen molar-refractivity contribution in [2.75, 3.05) is 17.8 Å². The number of fused-ring (bicyclic) bond motifs is 1. The molecule has 4 aromatic heterocycles. The van der Waals surface area contributed by atoms with Crippen molar-refractivity contribution in [1.29, 1.82) is 0 Å². The Morgan fingerprint density at radius 1 is 1.03 bits per heavy atom. The number of amides is 1. The van der Waals surface area contributed by atoms with Gasteiger partial charge >= 0.3 is 6.18 Å². The van der Waals surface area contributed by atoms with Crippen molar-refractivity contribution in [3.8, 4) is 10.4 Å². The highest BCUT2D eigenvalue weighted by atomic mass is 32.1. The molecule has 5 rings (SSSR count). The lowest BCUT2D eigenvalue weighted by molar-refractivity contribution is -0.137. The van der Waals surface area contributed by atoms with E-state index >= 15 is 0 Å². The molecule has 0 atom stereocenters. The van der Waals surface area contributed by atoms with Crippen LogP contribution < -0.4 is 10.7 Å². The summed E-state index contributed by atoms with van der Waals surface area (Å²) in [6.07, 6.45) is 1.25. The molecule has 5 aromatic rings. The van der Waals surface area contributed by atoms with Crippen molar-refractivity contribution in [3.05, 3.63) is 89.1 Å². The number of hydrogen-bond acceptors (Lipinski definition) is 9. The van der Waals surface area contributed by atoms with Crippen LogP contribution in [0.4, 0.5) is 24.9 Å².